The molecule has 0 bridgehead atoms. The van der Waals surface area contributed by atoms with Crippen molar-refractivity contribution in [3.05, 3.63) is 59.9 Å². The molecular weight excluding hydrogens is 455 g/mol. The molecule has 3 N–H and O–H groups in total. The minimum atomic E-state index is -4.52. The lowest BCUT2D eigenvalue weighted by Crippen LogP contribution is -2.25. The Balaban J connectivity index is 1.48. The predicted molar refractivity (Wildman–Crippen MR) is 116 cm³/mol. The quantitative estimate of drug-likeness (QED) is 0.557. The molecule has 0 aliphatic carbocycles. The van der Waals surface area contributed by atoms with Gasteiger partial charge in [0.05, 0.1) is 18.4 Å². The molecule has 0 saturated carbocycles. The van der Waals surface area contributed by atoms with E-state index in [0.717, 1.165) is 12.1 Å². The molecule has 1 unspecified atom stereocenters. The average molecular weight is 477 g/mol. The summed E-state index contributed by atoms with van der Waals surface area (Å²) in [6, 6.07) is 8.85. The van der Waals surface area contributed by atoms with Crippen molar-refractivity contribution in [2.75, 3.05) is 24.3 Å². The molecule has 1 saturated heterocycles. The zero-order chi connectivity index (χ0) is 24.5. The summed E-state index contributed by atoms with van der Waals surface area (Å²) >= 11 is 0. The minimum Gasteiger partial charge on any atom is -0.489 e. The standard InChI is InChI=1S/C22H22F3N5O4/c1-21(2)33-12-14(34-21)11-32-17-6-4-3-5-16(17)30-19(26)15(10-28-30)20(31)29-18-8-7-13(9-27-18)22(23,24)25/h3-10,14H,11-12,26H2,1-2H3,(H,27,29,31). The van der Waals surface area contributed by atoms with E-state index in [0.29, 0.717) is 24.2 Å². The minimum absolute atomic E-state index is 0.0158. The van der Waals surface area contributed by atoms with Gasteiger partial charge in [-0.2, -0.15) is 18.3 Å². The number of amides is 1. The Morgan fingerprint density at radius 1 is 1.26 bits per heavy atom. The van der Waals surface area contributed by atoms with Crippen LogP contribution in [0, 0.1) is 0 Å². The van der Waals surface area contributed by atoms with Gasteiger partial charge in [-0.15, -0.1) is 0 Å². The highest BCUT2D eigenvalue weighted by Crippen LogP contribution is 2.30. The highest BCUT2D eigenvalue weighted by molar-refractivity contribution is 6.06. The van der Waals surface area contributed by atoms with Gasteiger partial charge in [0.15, 0.2) is 5.79 Å². The number of carbonyl (C=O) groups excluding carboxylic acids is 1. The Bertz CT molecular complexity index is 1180. The number of para-hydroxylation sites is 2. The van der Waals surface area contributed by atoms with E-state index in [1.54, 1.807) is 24.3 Å². The van der Waals surface area contributed by atoms with Gasteiger partial charge in [-0.25, -0.2) is 9.67 Å². The monoisotopic (exact) mass is 477 g/mol. The van der Waals surface area contributed by atoms with E-state index in [9.17, 15) is 18.0 Å². The van der Waals surface area contributed by atoms with Gasteiger partial charge in [0.2, 0.25) is 0 Å². The summed E-state index contributed by atoms with van der Waals surface area (Å²) in [5, 5.41) is 6.60. The number of hydrogen-bond acceptors (Lipinski definition) is 7. The molecule has 34 heavy (non-hydrogen) atoms. The fraction of sp³-hybridized carbons (Fsp3) is 0.318. The molecule has 3 heterocycles. The first-order chi connectivity index (χ1) is 16.0. The van der Waals surface area contributed by atoms with Gasteiger partial charge < -0.3 is 25.3 Å². The Labute approximate surface area is 192 Å². The summed E-state index contributed by atoms with van der Waals surface area (Å²) in [5.41, 5.74) is 5.75. The fourth-order valence-corrected chi connectivity index (χ4v) is 3.33. The van der Waals surface area contributed by atoms with Crippen LogP contribution < -0.4 is 15.8 Å². The zero-order valence-corrected chi connectivity index (χ0v) is 18.3. The molecule has 3 aromatic rings. The maximum absolute atomic E-state index is 12.7. The maximum Gasteiger partial charge on any atom is 0.417 e. The number of nitrogens with zero attached hydrogens (tertiary/aromatic N) is 3. The van der Waals surface area contributed by atoms with Gasteiger partial charge in [-0.05, 0) is 38.1 Å². The molecule has 1 fully saturated rings. The number of benzene rings is 1. The van der Waals surface area contributed by atoms with Crippen LogP contribution in [-0.4, -0.2) is 45.8 Å². The van der Waals surface area contributed by atoms with Crippen molar-refractivity contribution < 1.29 is 32.2 Å². The fourth-order valence-electron chi connectivity index (χ4n) is 3.33. The van der Waals surface area contributed by atoms with Crippen molar-refractivity contribution in [3.63, 3.8) is 0 Å². The Hall–Kier alpha value is -3.64. The summed E-state index contributed by atoms with van der Waals surface area (Å²) in [6.45, 7) is 4.26. The largest absolute Gasteiger partial charge is 0.489 e. The molecule has 1 aromatic carbocycles. The van der Waals surface area contributed by atoms with Crippen molar-refractivity contribution >= 4 is 17.5 Å². The molecule has 12 heteroatoms. The van der Waals surface area contributed by atoms with Crippen molar-refractivity contribution in [1.29, 1.82) is 0 Å². The number of carbonyl (C=O) groups is 1. The second-order valence-electron chi connectivity index (χ2n) is 7.97. The number of halogens is 3. The molecule has 1 aliphatic heterocycles. The van der Waals surface area contributed by atoms with E-state index >= 15 is 0 Å². The molecule has 2 aromatic heterocycles. The van der Waals surface area contributed by atoms with Crippen LogP contribution in [0.15, 0.2) is 48.8 Å². The lowest BCUT2D eigenvalue weighted by molar-refractivity contribution is -0.141. The van der Waals surface area contributed by atoms with Gasteiger partial charge in [-0.3, -0.25) is 4.79 Å². The van der Waals surface area contributed by atoms with Gasteiger partial charge in [0.1, 0.15) is 41.3 Å². The molecule has 180 valence electrons. The van der Waals surface area contributed by atoms with Crippen LogP contribution in [0.25, 0.3) is 5.69 Å². The number of hydrogen-bond donors (Lipinski definition) is 2. The third-order valence-electron chi connectivity index (χ3n) is 4.97. The van der Waals surface area contributed by atoms with Crippen LogP contribution in [0.3, 0.4) is 0 Å². The Morgan fingerprint density at radius 2 is 2.03 bits per heavy atom. The second kappa shape index (κ2) is 8.95. The van der Waals surface area contributed by atoms with Crippen molar-refractivity contribution in [2.24, 2.45) is 0 Å². The van der Waals surface area contributed by atoms with Gasteiger partial charge in [-0.1, -0.05) is 12.1 Å². The molecule has 0 spiro atoms. The first-order valence-corrected chi connectivity index (χ1v) is 10.3. The first kappa shape index (κ1) is 23.5. The van der Waals surface area contributed by atoms with E-state index in [-0.39, 0.29) is 29.9 Å². The summed E-state index contributed by atoms with van der Waals surface area (Å²) in [4.78, 5) is 16.3. The molecule has 1 atom stereocenters. The van der Waals surface area contributed by atoms with E-state index < -0.39 is 23.4 Å². The predicted octanol–water partition coefficient (Wildman–Crippen LogP) is 3.65. The van der Waals surface area contributed by atoms with Crippen LogP contribution in [0.2, 0.25) is 0 Å². The van der Waals surface area contributed by atoms with E-state index in [4.69, 9.17) is 19.9 Å². The van der Waals surface area contributed by atoms with Gasteiger partial charge >= 0.3 is 6.18 Å². The van der Waals surface area contributed by atoms with E-state index in [1.807, 2.05) is 13.8 Å². The summed E-state index contributed by atoms with van der Waals surface area (Å²) < 4.78 is 56.6. The van der Waals surface area contributed by atoms with Crippen LogP contribution in [-0.2, 0) is 15.7 Å². The third kappa shape index (κ3) is 5.13. The molecule has 4 rings (SSSR count). The summed E-state index contributed by atoms with van der Waals surface area (Å²) in [5.74, 6) is -0.933. The highest BCUT2D eigenvalue weighted by atomic mass is 19.4. The SMILES string of the molecule is CC1(C)OCC(COc2ccccc2-n2ncc(C(=O)Nc3ccc(C(F)(F)F)cn3)c2N)O1. The lowest BCUT2D eigenvalue weighted by atomic mass is 10.2. The van der Waals surface area contributed by atoms with E-state index in [1.165, 1.54) is 10.9 Å². The van der Waals surface area contributed by atoms with Crippen LogP contribution >= 0.6 is 0 Å². The molecule has 1 amide bonds. The smallest absolute Gasteiger partial charge is 0.417 e. The molecule has 9 nitrogen and oxygen atoms in total. The van der Waals surface area contributed by atoms with Gasteiger partial charge in [0, 0.05) is 6.20 Å². The maximum atomic E-state index is 12.7. The third-order valence-corrected chi connectivity index (χ3v) is 4.97. The molecular formula is C22H22F3N5O4. The number of nitrogen functional groups attached to an aromatic ring is 1. The van der Waals surface area contributed by atoms with Gasteiger partial charge in [0.25, 0.3) is 5.91 Å². The summed E-state index contributed by atoms with van der Waals surface area (Å²) in [7, 11) is 0. The van der Waals surface area contributed by atoms with Crippen molar-refractivity contribution in [1.82, 2.24) is 14.8 Å². The number of alkyl halides is 3. The van der Waals surface area contributed by atoms with Crippen LogP contribution in [0.1, 0.15) is 29.8 Å². The number of nitrogens with two attached hydrogens (primary N) is 1. The zero-order valence-electron chi connectivity index (χ0n) is 18.3. The number of aromatic nitrogens is 3. The number of nitrogens with one attached hydrogen (secondary N) is 1. The second-order valence-corrected chi connectivity index (χ2v) is 7.97. The number of pyridine rings is 1. The first-order valence-electron chi connectivity index (χ1n) is 10.3. The van der Waals surface area contributed by atoms with Crippen molar-refractivity contribution in [3.8, 4) is 11.4 Å². The van der Waals surface area contributed by atoms with Crippen LogP contribution in [0.5, 0.6) is 5.75 Å². The van der Waals surface area contributed by atoms with Crippen molar-refractivity contribution in [2.45, 2.75) is 31.9 Å². The lowest BCUT2D eigenvalue weighted by Gasteiger charge is -2.18. The normalized spacial score (nSPS) is 17.5. The Kier molecular flexibility index (Phi) is 6.19. The van der Waals surface area contributed by atoms with Crippen LogP contribution in [0.4, 0.5) is 24.8 Å². The van der Waals surface area contributed by atoms with E-state index in [2.05, 4.69) is 15.4 Å². The number of anilines is 2. The summed E-state index contributed by atoms with van der Waals surface area (Å²) in [6.07, 6.45) is -2.89. The molecule has 1 aliphatic rings. The highest BCUT2D eigenvalue weighted by Gasteiger charge is 2.33. The molecule has 0 radical (unpaired) electrons. The topological polar surface area (TPSA) is 114 Å². The number of rotatable bonds is 6. The Morgan fingerprint density at radius 3 is 2.68 bits per heavy atom. The average Bonchev–Trinajstić information content (AvgIpc) is 3.33. The number of ether oxygens (including phenoxy) is 3.